The summed E-state index contributed by atoms with van der Waals surface area (Å²) in [6.07, 6.45) is 3.72. The number of nitriles is 1. The summed E-state index contributed by atoms with van der Waals surface area (Å²) in [5.41, 5.74) is 6.88. The van der Waals surface area contributed by atoms with Crippen molar-refractivity contribution in [3.8, 4) is 6.07 Å². The van der Waals surface area contributed by atoms with Gasteiger partial charge in [-0.25, -0.2) is 0 Å². The van der Waals surface area contributed by atoms with Crippen molar-refractivity contribution in [2.45, 2.75) is 45.1 Å². The number of nitrogens with two attached hydrogens (primary N) is 1. The number of amidine groups is 1. The molecule has 2 fully saturated rings. The van der Waals surface area contributed by atoms with Crippen LogP contribution in [0.5, 0.6) is 0 Å². The number of benzene rings is 2. The molecule has 11 nitrogen and oxygen atoms in total. The third kappa shape index (κ3) is 6.75. The number of nitrogens with one attached hydrogen (secondary N) is 1. The number of ketones is 1. The van der Waals surface area contributed by atoms with Crippen LogP contribution < -0.4 is 11.1 Å². The van der Waals surface area contributed by atoms with Crippen molar-refractivity contribution < 1.29 is 23.6 Å². The van der Waals surface area contributed by atoms with Gasteiger partial charge in [-0.2, -0.15) is 5.26 Å². The van der Waals surface area contributed by atoms with Crippen LogP contribution in [0, 0.1) is 24.2 Å². The molecule has 43 heavy (non-hydrogen) atoms. The highest BCUT2D eigenvalue weighted by atomic mass is 16.3. The topological polar surface area (TPSA) is 162 Å². The maximum absolute atomic E-state index is 13.7. The largest absolute Gasteiger partial charge is 0.461 e. The first-order valence-electron chi connectivity index (χ1n) is 14.5. The molecule has 0 radical (unpaired) electrons. The smallest absolute Gasteiger partial charge is 0.248 e. The number of furan rings is 1. The number of aryl methyl sites for hydroxylation is 1. The highest BCUT2D eigenvalue weighted by molar-refractivity contribution is 6.18. The fourth-order valence-corrected chi connectivity index (χ4v) is 5.58. The number of nitrogens with zero attached hydrogens (tertiary/aromatic N) is 4. The first-order valence-corrected chi connectivity index (χ1v) is 14.5. The van der Waals surface area contributed by atoms with Crippen LogP contribution in [0.1, 0.15) is 58.6 Å². The third-order valence-corrected chi connectivity index (χ3v) is 7.84. The molecule has 0 bridgehead atoms. The molecule has 2 aliphatic rings. The molecular formula is C32H34N6O5. The van der Waals surface area contributed by atoms with Crippen LogP contribution in [0.15, 0.2) is 57.9 Å². The van der Waals surface area contributed by atoms with E-state index in [4.69, 9.17) is 15.1 Å². The lowest BCUT2D eigenvalue weighted by Gasteiger charge is -2.25. The van der Waals surface area contributed by atoms with E-state index in [9.17, 15) is 24.4 Å². The lowest BCUT2D eigenvalue weighted by atomic mass is 9.95. The zero-order valence-electron chi connectivity index (χ0n) is 24.0. The van der Waals surface area contributed by atoms with E-state index in [2.05, 4.69) is 5.32 Å². The van der Waals surface area contributed by atoms with Gasteiger partial charge in [0.05, 0.1) is 12.6 Å². The molecule has 2 atom stereocenters. The molecule has 3 heterocycles. The minimum atomic E-state index is -1.42. The standard InChI is InChI=1S/C32H34N6O5/c1-20-15-23-17-24(10-11-27(23)43-20)35-31(25(18-33)29(40)21-7-6-8-22(16-21)30(34)41)36-26-9-2-3-14-38(32(26)42)19-28(39)37-12-4-5-13-37/h6-8,10-11,15-17,25-26H,2-5,9,12-14,19H2,1H3,(H2,34,41)(H,35,36)/t25?,26-/m0/s1. The number of rotatable bonds is 8. The Morgan fingerprint density at radius 1 is 1.07 bits per heavy atom. The van der Waals surface area contributed by atoms with Gasteiger partial charge in [-0.3, -0.25) is 24.2 Å². The van der Waals surface area contributed by atoms with E-state index in [-0.39, 0.29) is 35.3 Å². The zero-order valence-corrected chi connectivity index (χ0v) is 24.0. The molecule has 5 rings (SSSR count). The number of anilines is 1. The van der Waals surface area contributed by atoms with Gasteiger partial charge in [0.15, 0.2) is 11.7 Å². The van der Waals surface area contributed by atoms with Gasteiger partial charge >= 0.3 is 0 Å². The molecule has 0 saturated carbocycles. The van der Waals surface area contributed by atoms with Crippen molar-refractivity contribution in [3.63, 3.8) is 0 Å². The monoisotopic (exact) mass is 582 g/mol. The molecule has 1 aromatic heterocycles. The average Bonchev–Trinajstić information content (AvgIpc) is 3.63. The number of hydrogen-bond acceptors (Lipinski definition) is 7. The summed E-state index contributed by atoms with van der Waals surface area (Å²) in [6.45, 7) is 3.64. The van der Waals surface area contributed by atoms with Crippen LogP contribution in [-0.4, -0.2) is 71.4 Å². The van der Waals surface area contributed by atoms with Crippen molar-refractivity contribution in [3.05, 3.63) is 65.4 Å². The molecule has 3 N–H and O–H groups in total. The Bertz CT molecular complexity index is 1630. The quantitative estimate of drug-likeness (QED) is 0.233. The van der Waals surface area contributed by atoms with E-state index in [1.165, 1.54) is 24.3 Å². The Hall–Kier alpha value is -4.98. The van der Waals surface area contributed by atoms with Gasteiger partial charge < -0.3 is 25.3 Å². The maximum Gasteiger partial charge on any atom is 0.248 e. The third-order valence-electron chi connectivity index (χ3n) is 7.84. The Balaban J connectivity index is 1.49. The van der Waals surface area contributed by atoms with Gasteiger partial charge in [0.2, 0.25) is 17.7 Å². The zero-order chi connectivity index (χ0) is 30.5. The Labute approximate surface area is 249 Å². The van der Waals surface area contributed by atoms with Gasteiger partial charge in [0, 0.05) is 41.8 Å². The maximum atomic E-state index is 13.7. The molecule has 2 saturated heterocycles. The van der Waals surface area contributed by atoms with Crippen molar-refractivity contribution in [2.75, 3.05) is 31.5 Å². The molecule has 3 amide bonds. The summed E-state index contributed by atoms with van der Waals surface area (Å²) in [7, 11) is 0. The minimum Gasteiger partial charge on any atom is -0.461 e. The summed E-state index contributed by atoms with van der Waals surface area (Å²) in [5, 5.41) is 14.2. The highest BCUT2D eigenvalue weighted by Gasteiger charge is 2.33. The minimum absolute atomic E-state index is 0.00242. The number of aliphatic imine (C=N–C) groups is 1. The summed E-state index contributed by atoms with van der Waals surface area (Å²) in [6, 6.07) is 14.2. The summed E-state index contributed by atoms with van der Waals surface area (Å²) >= 11 is 0. The first kappa shape index (κ1) is 29.5. The Morgan fingerprint density at radius 2 is 1.81 bits per heavy atom. The number of carbonyl (C=O) groups excluding carboxylic acids is 4. The van der Waals surface area contributed by atoms with E-state index in [0.717, 1.165) is 24.0 Å². The molecule has 3 aromatic rings. The molecule has 0 aliphatic carbocycles. The number of amides is 3. The Kier molecular flexibility index (Phi) is 8.85. The summed E-state index contributed by atoms with van der Waals surface area (Å²) < 4.78 is 5.67. The van der Waals surface area contributed by atoms with E-state index >= 15 is 0 Å². The number of Topliss-reactive ketones (excluding diaryl/α,β-unsaturated/α-hetero) is 1. The molecule has 1 unspecified atom stereocenters. The Morgan fingerprint density at radius 3 is 2.56 bits per heavy atom. The van der Waals surface area contributed by atoms with Crippen LogP contribution in [0.4, 0.5) is 5.69 Å². The van der Waals surface area contributed by atoms with Crippen LogP contribution in [-0.2, 0) is 9.59 Å². The van der Waals surface area contributed by atoms with Gasteiger partial charge in [0.1, 0.15) is 23.2 Å². The molecule has 11 heteroatoms. The van der Waals surface area contributed by atoms with E-state index in [0.29, 0.717) is 50.2 Å². The lowest BCUT2D eigenvalue weighted by Crippen LogP contribution is -2.45. The molecule has 2 aromatic carbocycles. The van der Waals surface area contributed by atoms with Gasteiger partial charge in [0.25, 0.3) is 0 Å². The first-order chi connectivity index (χ1) is 20.7. The van der Waals surface area contributed by atoms with E-state index in [1.807, 2.05) is 25.1 Å². The second-order valence-electron chi connectivity index (χ2n) is 11.0. The van der Waals surface area contributed by atoms with Crippen LogP contribution in [0.2, 0.25) is 0 Å². The van der Waals surface area contributed by atoms with Gasteiger partial charge in [-0.1, -0.05) is 12.1 Å². The predicted octanol–water partition coefficient (Wildman–Crippen LogP) is 3.68. The molecule has 2 aliphatic heterocycles. The van der Waals surface area contributed by atoms with Gasteiger partial charge in [-0.15, -0.1) is 0 Å². The lowest BCUT2D eigenvalue weighted by molar-refractivity contribution is -0.140. The second-order valence-corrected chi connectivity index (χ2v) is 11.0. The number of fused-ring (bicyclic) bond motifs is 1. The van der Waals surface area contributed by atoms with Crippen LogP contribution >= 0.6 is 0 Å². The average molecular weight is 583 g/mol. The molecule has 222 valence electrons. The SMILES string of the molecule is Cc1cc2cc(NC(=N[C@H]3CCCCN(CC(=O)N4CCCC4)C3=O)C(C#N)C(=O)c3cccc(C(N)=O)c3)ccc2o1. The second kappa shape index (κ2) is 12.9. The van der Waals surface area contributed by atoms with Crippen molar-refractivity contribution in [1.29, 1.82) is 5.26 Å². The van der Waals surface area contributed by atoms with Crippen LogP contribution in [0.25, 0.3) is 11.0 Å². The van der Waals surface area contributed by atoms with Gasteiger partial charge in [-0.05, 0) is 75.4 Å². The fraction of sp³-hybridized carbons (Fsp3) is 0.375. The summed E-state index contributed by atoms with van der Waals surface area (Å²) in [4.78, 5) is 60.1. The van der Waals surface area contributed by atoms with Crippen molar-refractivity contribution in [1.82, 2.24) is 9.80 Å². The predicted molar refractivity (Wildman–Crippen MR) is 160 cm³/mol. The number of primary amides is 1. The molecular weight excluding hydrogens is 548 g/mol. The molecule has 0 spiro atoms. The summed E-state index contributed by atoms with van der Waals surface area (Å²) in [5.74, 6) is -2.39. The van der Waals surface area contributed by atoms with E-state index < -0.39 is 23.7 Å². The number of hydrogen-bond donors (Lipinski definition) is 2. The van der Waals surface area contributed by atoms with Crippen LogP contribution in [0.3, 0.4) is 0 Å². The fourth-order valence-electron chi connectivity index (χ4n) is 5.58. The van der Waals surface area contributed by atoms with Crippen molar-refractivity contribution in [2.24, 2.45) is 16.6 Å². The van der Waals surface area contributed by atoms with E-state index in [1.54, 1.807) is 21.9 Å². The number of likely N-dealkylation sites (tertiary alicyclic amines) is 2. The highest BCUT2D eigenvalue weighted by Crippen LogP contribution is 2.25. The number of carbonyl (C=O) groups is 4. The normalized spacial score (nSPS) is 18.3. The van der Waals surface area contributed by atoms with Crippen molar-refractivity contribution >= 4 is 46.0 Å².